The largest absolute Gasteiger partial charge is 0.462 e. The molecule has 0 aromatic carbocycles. The maximum Gasteiger partial charge on any atom is 0.306 e. The third-order valence-corrected chi connectivity index (χ3v) is 11.9. The van der Waals surface area contributed by atoms with Crippen LogP contribution in [0.4, 0.5) is 0 Å². The van der Waals surface area contributed by atoms with Crippen LogP contribution in [0.3, 0.4) is 0 Å². The van der Waals surface area contributed by atoms with E-state index in [1.165, 1.54) is 135 Å². The second-order valence-electron chi connectivity index (χ2n) is 18.5. The van der Waals surface area contributed by atoms with Gasteiger partial charge in [-0.05, 0) is 109 Å². The first kappa shape index (κ1) is 63.6. The van der Waals surface area contributed by atoms with Gasteiger partial charge in [0.15, 0.2) is 6.10 Å². The number of hydrogen-bond donors (Lipinski definition) is 0. The third kappa shape index (κ3) is 53.4. The maximum absolute atomic E-state index is 12.8. The first-order valence-corrected chi connectivity index (χ1v) is 28.1. The second kappa shape index (κ2) is 55.2. The van der Waals surface area contributed by atoms with Gasteiger partial charge in [0.2, 0.25) is 0 Å². The molecule has 0 unspecified atom stereocenters. The van der Waals surface area contributed by atoms with Crippen molar-refractivity contribution in [1.82, 2.24) is 0 Å². The molecule has 0 heterocycles. The van der Waals surface area contributed by atoms with Gasteiger partial charge >= 0.3 is 17.9 Å². The van der Waals surface area contributed by atoms with E-state index in [9.17, 15) is 14.4 Å². The van der Waals surface area contributed by atoms with Crippen LogP contribution in [0.2, 0.25) is 0 Å². The van der Waals surface area contributed by atoms with Gasteiger partial charge in [0.1, 0.15) is 13.2 Å². The Labute approximate surface area is 414 Å². The van der Waals surface area contributed by atoms with E-state index in [1.54, 1.807) is 0 Å². The highest BCUT2D eigenvalue weighted by Crippen LogP contribution is 2.14. The fraction of sp³-hybridized carbons (Fsp3) is 0.721. The molecule has 0 fully saturated rings. The molecule has 0 aliphatic heterocycles. The maximum atomic E-state index is 12.8. The number of ether oxygens (including phenoxy) is 3. The van der Waals surface area contributed by atoms with Crippen LogP contribution in [0.15, 0.2) is 85.1 Å². The highest BCUT2D eigenvalue weighted by Gasteiger charge is 2.19. The molecule has 0 spiro atoms. The van der Waals surface area contributed by atoms with Crippen molar-refractivity contribution in [1.29, 1.82) is 0 Å². The lowest BCUT2D eigenvalue weighted by Gasteiger charge is -2.18. The zero-order chi connectivity index (χ0) is 48.6. The van der Waals surface area contributed by atoms with E-state index in [4.69, 9.17) is 14.2 Å². The average molecular weight is 933 g/mol. The van der Waals surface area contributed by atoms with Crippen LogP contribution in [0.1, 0.15) is 265 Å². The minimum atomic E-state index is -0.805. The Balaban J connectivity index is 4.49. The topological polar surface area (TPSA) is 78.9 Å². The number of esters is 3. The van der Waals surface area contributed by atoms with Gasteiger partial charge in [-0.3, -0.25) is 14.4 Å². The molecule has 0 saturated carbocycles. The summed E-state index contributed by atoms with van der Waals surface area (Å²) in [4.78, 5) is 38.1. The van der Waals surface area contributed by atoms with Crippen molar-refractivity contribution in [3.05, 3.63) is 85.1 Å². The predicted octanol–water partition coefficient (Wildman–Crippen LogP) is 18.8. The molecule has 0 radical (unpaired) electrons. The molecule has 6 nitrogen and oxygen atoms in total. The summed E-state index contributed by atoms with van der Waals surface area (Å²) in [6.07, 6.45) is 71.4. The molecule has 6 heteroatoms. The van der Waals surface area contributed by atoms with Crippen molar-refractivity contribution in [3.63, 3.8) is 0 Å². The van der Waals surface area contributed by atoms with Crippen LogP contribution in [-0.2, 0) is 28.6 Å². The number of carbonyl (C=O) groups excluding carboxylic acids is 3. The van der Waals surface area contributed by atoms with Crippen molar-refractivity contribution in [3.8, 4) is 0 Å². The Bertz CT molecular complexity index is 1300. The summed E-state index contributed by atoms with van der Waals surface area (Å²) in [5, 5.41) is 0. The van der Waals surface area contributed by atoms with E-state index in [-0.39, 0.29) is 37.5 Å². The summed E-state index contributed by atoms with van der Waals surface area (Å²) in [6, 6.07) is 0. The lowest BCUT2D eigenvalue weighted by Crippen LogP contribution is -2.30. The minimum absolute atomic E-state index is 0.100. The Morgan fingerprint density at radius 2 is 0.597 bits per heavy atom. The fourth-order valence-electron chi connectivity index (χ4n) is 7.64. The number of rotatable bonds is 50. The van der Waals surface area contributed by atoms with Gasteiger partial charge in [-0.2, -0.15) is 0 Å². The van der Waals surface area contributed by atoms with Crippen LogP contribution in [0.5, 0.6) is 0 Å². The van der Waals surface area contributed by atoms with E-state index in [1.807, 2.05) is 0 Å². The van der Waals surface area contributed by atoms with Crippen molar-refractivity contribution < 1.29 is 28.6 Å². The molecule has 0 N–H and O–H groups in total. The third-order valence-electron chi connectivity index (χ3n) is 11.9. The Kier molecular flexibility index (Phi) is 52.4. The van der Waals surface area contributed by atoms with Gasteiger partial charge < -0.3 is 14.2 Å². The number of unbranched alkanes of at least 4 members (excludes halogenated alkanes) is 25. The summed E-state index contributed by atoms with van der Waals surface area (Å²) in [5.41, 5.74) is 0. The SMILES string of the molecule is CC/C=C\C/C=C\C/C=C\C/C=C\C/C=C\CCCC(=O)OC[C@H](COC(=O)CCCCCCC/C=C\CCCCCCCC)OC(=O)CCCCCCCCC/C=C\CCCCCCCC. The van der Waals surface area contributed by atoms with Crippen molar-refractivity contribution in [2.75, 3.05) is 13.2 Å². The predicted molar refractivity (Wildman–Crippen MR) is 288 cm³/mol. The first-order chi connectivity index (χ1) is 33.0. The molecule has 0 aromatic rings. The van der Waals surface area contributed by atoms with Crippen molar-refractivity contribution in [2.45, 2.75) is 271 Å². The first-order valence-electron chi connectivity index (χ1n) is 28.1. The van der Waals surface area contributed by atoms with E-state index in [0.717, 1.165) is 83.5 Å². The van der Waals surface area contributed by atoms with E-state index in [2.05, 4.69) is 106 Å². The smallest absolute Gasteiger partial charge is 0.306 e. The Morgan fingerprint density at radius 1 is 0.313 bits per heavy atom. The summed E-state index contributed by atoms with van der Waals surface area (Å²) < 4.78 is 16.8. The molecule has 0 aliphatic carbocycles. The molecule has 1 atom stereocenters. The molecule has 0 aliphatic rings. The summed E-state index contributed by atoms with van der Waals surface area (Å²) in [5.74, 6) is -0.969. The van der Waals surface area contributed by atoms with Crippen LogP contribution in [0.25, 0.3) is 0 Å². The van der Waals surface area contributed by atoms with Crippen LogP contribution >= 0.6 is 0 Å². The van der Waals surface area contributed by atoms with E-state index >= 15 is 0 Å². The number of hydrogen-bond acceptors (Lipinski definition) is 6. The van der Waals surface area contributed by atoms with Crippen molar-refractivity contribution in [2.24, 2.45) is 0 Å². The zero-order valence-corrected chi connectivity index (χ0v) is 43.9. The molecule has 0 rings (SSSR count). The fourth-order valence-corrected chi connectivity index (χ4v) is 7.64. The van der Waals surface area contributed by atoms with E-state index in [0.29, 0.717) is 19.3 Å². The van der Waals surface area contributed by atoms with Gasteiger partial charge in [-0.15, -0.1) is 0 Å². The molecule has 0 saturated heterocycles. The van der Waals surface area contributed by atoms with Crippen LogP contribution in [-0.4, -0.2) is 37.2 Å². The summed E-state index contributed by atoms with van der Waals surface area (Å²) in [7, 11) is 0. The lowest BCUT2D eigenvalue weighted by molar-refractivity contribution is -0.167. The molecular formula is C61H104O6. The summed E-state index contributed by atoms with van der Waals surface area (Å²) in [6.45, 7) is 6.47. The lowest BCUT2D eigenvalue weighted by atomic mass is 10.1. The van der Waals surface area contributed by atoms with Crippen molar-refractivity contribution >= 4 is 17.9 Å². The van der Waals surface area contributed by atoms with Gasteiger partial charge in [0.25, 0.3) is 0 Å². The average Bonchev–Trinajstić information content (AvgIpc) is 3.33. The molecule has 67 heavy (non-hydrogen) atoms. The molecule has 0 bridgehead atoms. The minimum Gasteiger partial charge on any atom is -0.462 e. The summed E-state index contributed by atoms with van der Waals surface area (Å²) >= 11 is 0. The van der Waals surface area contributed by atoms with Gasteiger partial charge in [0, 0.05) is 19.3 Å². The van der Waals surface area contributed by atoms with Crippen LogP contribution in [0, 0.1) is 0 Å². The molecule has 0 aromatic heterocycles. The van der Waals surface area contributed by atoms with E-state index < -0.39 is 6.10 Å². The van der Waals surface area contributed by atoms with Gasteiger partial charge in [0.05, 0.1) is 0 Å². The molecule has 384 valence electrons. The quantitative estimate of drug-likeness (QED) is 0.0262. The van der Waals surface area contributed by atoms with Crippen LogP contribution < -0.4 is 0 Å². The highest BCUT2D eigenvalue weighted by molar-refractivity contribution is 5.71. The molecular weight excluding hydrogens is 829 g/mol. The Morgan fingerprint density at radius 3 is 0.985 bits per heavy atom. The second-order valence-corrected chi connectivity index (χ2v) is 18.5. The highest BCUT2D eigenvalue weighted by atomic mass is 16.6. The Hall–Kier alpha value is -3.41. The number of allylic oxidation sites excluding steroid dienone is 14. The van der Waals surface area contributed by atoms with Gasteiger partial charge in [-0.1, -0.05) is 221 Å². The normalized spacial score (nSPS) is 12.7. The van der Waals surface area contributed by atoms with Gasteiger partial charge in [-0.25, -0.2) is 0 Å². The monoisotopic (exact) mass is 933 g/mol. The molecule has 0 amide bonds. The zero-order valence-electron chi connectivity index (χ0n) is 43.9. The number of carbonyl (C=O) groups is 3. The standard InChI is InChI=1S/C61H104O6/c1-4-7-10-13-16-19-22-25-28-30-33-36-39-42-45-48-51-54-60(63)66-57-58(56-65-59(62)53-50-47-44-41-38-35-32-27-24-21-18-15-12-9-6-3)67-61(64)55-52-49-46-43-40-37-34-31-29-26-23-20-17-14-11-8-5-2/h7,10,16,19,25-29,32-33,36,42,45,58H,4-6,8-9,11-15,17-18,20-24,30-31,34-35,37-41,43-44,46-57H2,1-3H3/b10-7-,19-16-,28-25-,29-26-,32-27-,36-33-,45-42-/t58-/m0/s1.